The second-order valence-electron chi connectivity index (χ2n) is 9.14. The highest BCUT2D eigenvalue weighted by Gasteiger charge is 2.16. The van der Waals surface area contributed by atoms with Gasteiger partial charge in [-0.2, -0.15) is 0 Å². The Bertz CT molecular complexity index is 390. The van der Waals surface area contributed by atoms with Gasteiger partial charge in [-0.25, -0.2) is 4.79 Å². The molecule has 0 bridgehead atoms. The maximum Gasteiger partial charge on any atom is 0.335 e. The van der Waals surface area contributed by atoms with Crippen molar-refractivity contribution in [1.82, 2.24) is 0 Å². The van der Waals surface area contributed by atoms with Crippen LogP contribution in [0.15, 0.2) is 12.2 Å². The van der Waals surface area contributed by atoms with Crippen LogP contribution in [0.2, 0.25) is 0 Å². The molecule has 0 aliphatic carbocycles. The summed E-state index contributed by atoms with van der Waals surface area (Å²) < 4.78 is 5.01. The van der Waals surface area contributed by atoms with Gasteiger partial charge >= 0.3 is 5.97 Å². The molecule has 0 rings (SSSR count). The van der Waals surface area contributed by atoms with E-state index in [2.05, 4.69) is 19.1 Å². The van der Waals surface area contributed by atoms with Crippen molar-refractivity contribution >= 4 is 5.97 Å². The summed E-state index contributed by atoms with van der Waals surface area (Å²) in [6.45, 7) is 5.89. The number of aliphatic hydroxyl groups is 1. The summed E-state index contributed by atoms with van der Waals surface area (Å²) in [5.74, 6) is -0.481. The average Bonchev–Trinajstić information content (AvgIpc) is 2.71. The fourth-order valence-corrected chi connectivity index (χ4v) is 3.72. The van der Waals surface area contributed by atoms with Crippen molar-refractivity contribution < 1.29 is 14.6 Å². The van der Waals surface area contributed by atoms with Crippen LogP contribution >= 0.6 is 0 Å². The smallest absolute Gasteiger partial charge is 0.335 e. The minimum atomic E-state index is -0.956. The van der Waals surface area contributed by atoms with Gasteiger partial charge in [0.1, 0.15) is 0 Å². The molecule has 0 aliphatic heterocycles. The first-order valence-electron chi connectivity index (χ1n) is 13.1. The van der Waals surface area contributed by atoms with E-state index in [0.717, 1.165) is 25.7 Å². The molecule has 0 saturated carbocycles. The summed E-state index contributed by atoms with van der Waals surface area (Å²) >= 11 is 0. The highest BCUT2D eigenvalue weighted by Crippen LogP contribution is 2.13. The SMILES string of the molecule is CCCCCCCCCCCCCCC=CCCCCCCC(O)C(=O)OC(C)C. The van der Waals surface area contributed by atoms with Gasteiger partial charge in [0.25, 0.3) is 0 Å². The third-order valence-corrected chi connectivity index (χ3v) is 5.61. The van der Waals surface area contributed by atoms with E-state index in [4.69, 9.17) is 4.74 Å². The molecule has 0 aromatic rings. The third kappa shape index (κ3) is 21.9. The van der Waals surface area contributed by atoms with Crippen molar-refractivity contribution in [3.63, 3.8) is 0 Å². The Kier molecular flexibility index (Phi) is 22.2. The first-order valence-corrected chi connectivity index (χ1v) is 13.1. The third-order valence-electron chi connectivity index (χ3n) is 5.61. The fraction of sp³-hybridized carbons (Fsp3) is 0.889. The fourth-order valence-electron chi connectivity index (χ4n) is 3.72. The summed E-state index contributed by atoms with van der Waals surface area (Å²) in [6.07, 6.45) is 27.7. The lowest BCUT2D eigenvalue weighted by atomic mass is 10.0. The summed E-state index contributed by atoms with van der Waals surface area (Å²) in [7, 11) is 0. The van der Waals surface area contributed by atoms with Crippen LogP contribution in [0.25, 0.3) is 0 Å². The van der Waals surface area contributed by atoms with Gasteiger partial charge in [0.05, 0.1) is 6.10 Å². The van der Waals surface area contributed by atoms with Gasteiger partial charge in [-0.15, -0.1) is 0 Å². The first kappa shape index (κ1) is 29.2. The summed E-state index contributed by atoms with van der Waals surface area (Å²) in [5, 5.41) is 9.73. The predicted octanol–water partition coefficient (Wildman–Crippen LogP) is 8.29. The van der Waals surface area contributed by atoms with Gasteiger partial charge in [0, 0.05) is 0 Å². The molecular weight excluding hydrogens is 372 g/mol. The zero-order chi connectivity index (χ0) is 22.3. The molecule has 3 nitrogen and oxygen atoms in total. The van der Waals surface area contributed by atoms with Crippen LogP contribution in [0.1, 0.15) is 143 Å². The lowest BCUT2D eigenvalue weighted by Gasteiger charge is -2.12. The van der Waals surface area contributed by atoms with Crippen molar-refractivity contribution in [3.05, 3.63) is 12.2 Å². The maximum absolute atomic E-state index is 11.5. The molecule has 0 amide bonds. The maximum atomic E-state index is 11.5. The molecule has 1 atom stereocenters. The zero-order valence-corrected chi connectivity index (χ0v) is 20.5. The van der Waals surface area contributed by atoms with E-state index in [0.29, 0.717) is 6.42 Å². The topological polar surface area (TPSA) is 46.5 Å². The number of carbonyl (C=O) groups is 1. The first-order chi connectivity index (χ1) is 14.6. The standard InChI is InChI=1S/C27H52O3/c1-4-5-6-7-8-9-10-11-12-13-14-15-16-17-18-19-20-21-22-23-24-26(28)27(29)30-25(2)3/h17-18,25-26,28H,4-16,19-24H2,1-3H3. The zero-order valence-electron chi connectivity index (χ0n) is 20.5. The van der Waals surface area contributed by atoms with Crippen LogP contribution in [0.5, 0.6) is 0 Å². The Morgan fingerprint density at radius 2 is 1.10 bits per heavy atom. The van der Waals surface area contributed by atoms with E-state index in [1.165, 1.54) is 89.9 Å². The Morgan fingerprint density at radius 3 is 1.53 bits per heavy atom. The Labute approximate surface area is 188 Å². The number of hydrogen-bond acceptors (Lipinski definition) is 3. The van der Waals surface area contributed by atoms with Crippen LogP contribution in [-0.2, 0) is 9.53 Å². The molecule has 1 N–H and O–H groups in total. The highest BCUT2D eigenvalue weighted by molar-refractivity contribution is 5.74. The van der Waals surface area contributed by atoms with Crippen LogP contribution < -0.4 is 0 Å². The number of aliphatic hydroxyl groups excluding tert-OH is 1. The van der Waals surface area contributed by atoms with Gasteiger partial charge in [0.2, 0.25) is 0 Å². The van der Waals surface area contributed by atoms with Gasteiger partial charge in [-0.3, -0.25) is 0 Å². The van der Waals surface area contributed by atoms with E-state index < -0.39 is 12.1 Å². The quantitative estimate of drug-likeness (QED) is 0.108. The largest absolute Gasteiger partial charge is 0.461 e. The average molecular weight is 425 g/mol. The molecule has 30 heavy (non-hydrogen) atoms. The lowest BCUT2D eigenvalue weighted by molar-refractivity contribution is -0.157. The van der Waals surface area contributed by atoms with Crippen LogP contribution in [0.3, 0.4) is 0 Å². The number of rotatable bonds is 22. The lowest BCUT2D eigenvalue weighted by Crippen LogP contribution is -2.25. The summed E-state index contributed by atoms with van der Waals surface area (Å²) in [5.41, 5.74) is 0. The van der Waals surface area contributed by atoms with Crippen LogP contribution in [-0.4, -0.2) is 23.3 Å². The number of carbonyl (C=O) groups excluding carboxylic acids is 1. The van der Waals surface area contributed by atoms with Crippen molar-refractivity contribution in [3.8, 4) is 0 Å². The Balaban J connectivity index is 3.25. The van der Waals surface area contributed by atoms with Crippen LogP contribution in [0, 0.1) is 0 Å². The van der Waals surface area contributed by atoms with Crippen molar-refractivity contribution in [2.24, 2.45) is 0 Å². The van der Waals surface area contributed by atoms with E-state index in [1.54, 1.807) is 13.8 Å². The second kappa shape index (κ2) is 22.8. The molecule has 0 aromatic carbocycles. The van der Waals surface area contributed by atoms with Gasteiger partial charge < -0.3 is 9.84 Å². The molecule has 0 spiro atoms. The summed E-state index contributed by atoms with van der Waals surface area (Å²) in [6, 6.07) is 0. The molecule has 0 saturated heterocycles. The van der Waals surface area contributed by atoms with Crippen molar-refractivity contribution in [2.75, 3.05) is 0 Å². The van der Waals surface area contributed by atoms with E-state index in [1.807, 2.05) is 0 Å². The number of unbranched alkanes of at least 4 members (excludes halogenated alkanes) is 16. The molecule has 0 heterocycles. The molecule has 0 aromatic heterocycles. The molecule has 1 unspecified atom stereocenters. The number of allylic oxidation sites excluding steroid dienone is 2. The molecular formula is C27H52O3. The molecule has 3 heteroatoms. The number of esters is 1. The molecule has 0 fully saturated rings. The van der Waals surface area contributed by atoms with Gasteiger partial charge in [0.15, 0.2) is 6.10 Å². The monoisotopic (exact) mass is 424 g/mol. The normalized spacial score (nSPS) is 12.7. The molecule has 178 valence electrons. The highest BCUT2D eigenvalue weighted by atomic mass is 16.6. The Hall–Kier alpha value is -0.830. The number of hydrogen-bond donors (Lipinski definition) is 1. The predicted molar refractivity (Wildman–Crippen MR) is 130 cm³/mol. The van der Waals surface area contributed by atoms with E-state index in [9.17, 15) is 9.90 Å². The van der Waals surface area contributed by atoms with E-state index in [-0.39, 0.29) is 6.10 Å². The summed E-state index contributed by atoms with van der Waals surface area (Å²) in [4.78, 5) is 11.5. The van der Waals surface area contributed by atoms with E-state index >= 15 is 0 Å². The second-order valence-corrected chi connectivity index (χ2v) is 9.14. The van der Waals surface area contributed by atoms with Gasteiger partial charge in [-0.1, -0.05) is 109 Å². The molecule has 0 radical (unpaired) electrons. The van der Waals surface area contributed by atoms with Gasteiger partial charge in [-0.05, 0) is 46.0 Å². The minimum Gasteiger partial charge on any atom is -0.461 e. The van der Waals surface area contributed by atoms with Crippen molar-refractivity contribution in [1.29, 1.82) is 0 Å². The van der Waals surface area contributed by atoms with Crippen LogP contribution in [0.4, 0.5) is 0 Å². The Morgan fingerprint density at radius 1 is 0.700 bits per heavy atom. The molecule has 0 aliphatic rings. The van der Waals surface area contributed by atoms with Crippen molar-refractivity contribution in [2.45, 2.75) is 155 Å². The minimum absolute atomic E-state index is 0.158. The number of ether oxygens (including phenoxy) is 1.